The second-order valence-corrected chi connectivity index (χ2v) is 6.70. The van der Waals surface area contributed by atoms with Crippen LogP contribution in [0, 0.1) is 0 Å². The Hall–Kier alpha value is -1.75. The SMILES string of the molecule is CC(C)(C)OC(=O)NCCCNC(=O)CCc1cccc(Cl)c1. The number of benzene rings is 1. The molecule has 0 aliphatic carbocycles. The molecule has 0 atom stereocenters. The number of halogens is 1. The van der Waals surface area contributed by atoms with E-state index in [1.54, 1.807) is 0 Å². The van der Waals surface area contributed by atoms with Crippen molar-refractivity contribution in [3.05, 3.63) is 34.9 Å². The van der Waals surface area contributed by atoms with Gasteiger partial charge in [0.25, 0.3) is 0 Å². The van der Waals surface area contributed by atoms with Crippen LogP contribution in [-0.4, -0.2) is 30.7 Å². The number of carbonyl (C=O) groups excluding carboxylic acids is 2. The summed E-state index contributed by atoms with van der Waals surface area (Å²) in [7, 11) is 0. The number of ether oxygens (including phenoxy) is 1. The molecule has 0 saturated carbocycles. The van der Waals surface area contributed by atoms with Crippen LogP contribution < -0.4 is 10.6 Å². The number of hydrogen-bond donors (Lipinski definition) is 2. The molecule has 5 nitrogen and oxygen atoms in total. The molecule has 0 aromatic heterocycles. The lowest BCUT2D eigenvalue weighted by molar-refractivity contribution is -0.121. The van der Waals surface area contributed by atoms with Crippen molar-refractivity contribution in [3.63, 3.8) is 0 Å². The van der Waals surface area contributed by atoms with Crippen molar-refractivity contribution in [3.8, 4) is 0 Å². The van der Waals surface area contributed by atoms with Gasteiger partial charge in [0.15, 0.2) is 0 Å². The van der Waals surface area contributed by atoms with Crippen LogP contribution in [-0.2, 0) is 16.0 Å². The van der Waals surface area contributed by atoms with Gasteiger partial charge in [-0.2, -0.15) is 0 Å². The molecule has 2 amide bonds. The summed E-state index contributed by atoms with van der Waals surface area (Å²) in [6, 6.07) is 7.49. The maximum absolute atomic E-state index is 11.7. The van der Waals surface area contributed by atoms with E-state index in [0.29, 0.717) is 37.4 Å². The fraction of sp³-hybridized carbons (Fsp3) is 0.529. The molecule has 0 spiro atoms. The molecular formula is C17H25ClN2O3. The molecule has 1 aromatic carbocycles. The van der Waals surface area contributed by atoms with Crippen molar-refractivity contribution in [2.24, 2.45) is 0 Å². The van der Waals surface area contributed by atoms with Crippen LogP contribution in [0.4, 0.5) is 4.79 Å². The third-order valence-corrected chi connectivity index (χ3v) is 3.11. The van der Waals surface area contributed by atoms with Crippen molar-refractivity contribution in [1.82, 2.24) is 10.6 Å². The van der Waals surface area contributed by atoms with Gasteiger partial charge in [-0.15, -0.1) is 0 Å². The molecule has 0 aliphatic rings. The number of rotatable bonds is 7. The van der Waals surface area contributed by atoms with E-state index >= 15 is 0 Å². The Kier molecular flexibility index (Phi) is 7.89. The van der Waals surface area contributed by atoms with Gasteiger partial charge in [-0.05, 0) is 51.3 Å². The molecule has 0 saturated heterocycles. The zero-order valence-corrected chi connectivity index (χ0v) is 14.7. The predicted molar refractivity (Wildman–Crippen MR) is 91.6 cm³/mol. The minimum absolute atomic E-state index is 0.0118. The number of amides is 2. The standard InChI is InChI=1S/C17H25ClN2O3/c1-17(2,3)23-16(22)20-11-5-10-19-15(21)9-8-13-6-4-7-14(18)12-13/h4,6-7,12H,5,8-11H2,1-3H3,(H,19,21)(H,20,22). The first kappa shape index (κ1) is 19.3. The summed E-state index contributed by atoms with van der Waals surface area (Å²) >= 11 is 5.90. The van der Waals surface area contributed by atoms with E-state index < -0.39 is 11.7 Å². The Morgan fingerprint density at radius 3 is 2.52 bits per heavy atom. The minimum Gasteiger partial charge on any atom is -0.444 e. The van der Waals surface area contributed by atoms with Gasteiger partial charge in [0.1, 0.15) is 5.60 Å². The molecule has 1 rings (SSSR count). The predicted octanol–water partition coefficient (Wildman–Crippen LogP) is 3.30. The van der Waals surface area contributed by atoms with Crippen LogP contribution in [0.15, 0.2) is 24.3 Å². The maximum atomic E-state index is 11.7. The third-order valence-electron chi connectivity index (χ3n) is 2.87. The highest BCUT2D eigenvalue weighted by molar-refractivity contribution is 6.30. The highest BCUT2D eigenvalue weighted by atomic mass is 35.5. The summed E-state index contributed by atoms with van der Waals surface area (Å²) < 4.78 is 5.11. The second kappa shape index (κ2) is 9.40. The van der Waals surface area contributed by atoms with Gasteiger partial charge in [-0.25, -0.2) is 4.79 Å². The molecular weight excluding hydrogens is 316 g/mol. The Labute approximate surface area is 142 Å². The number of alkyl carbamates (subject to hydrolysis) is 1. The normalized spacial score (nSPS) is 11.0. The average molecular weight is 341 g/mol. The zero-order chi connectivity index (χ0) is 17.3. The van der Waals surface area contributed by atoms with E-state index in [0.717, 1.165) is 5.56 Å². The van der Waals surface area contributed by atoms with E-state index in [4.69, 9.17) is 16.3 Å². The Balaban J connectivity index is 2.09. The molecule has 23 heavy (non-hydrogen) atoms. The molecule has 0 aliphatic heterocycles. The summed E-state index contributed by atoms with van der Waals surface area (Å²) in [6.45, 7) is 6.42. The van der Waals surface area contributed by atoms with Crippen molar-refractivity contribution >= 4 is 23.6 Å². The van der Waals surface area contributed by atoms with Crippen LogP contribution in [0.25, 0.3) is 0 Å². The summed E-state index contributed by atoms with van der Waals surface area (Å²) in [5.41, 5.74) is 0.540. The van der Waals surface area contributed by atoms with Gasteiger partial charge < -0.3 is 15.4 Å². The van der Waals surface area contributed by atoms with Gasteiger partial charge in [-0.3, -0.25) is 4.79 Å². The molecule has 1 aromatic rings. The van der Waals surface area contributed by atoms with Gasteiger partial charge in [0, 0.05) is 24.5 Å². The molecule has 0 heterocycles. The van der Waals surface area contributed by atoms with E-state index in [1.165, 1.54) is 0 Å². The van der Waals surface area contributed by atoms with Crippen LogP contribution in [0.5, 0.6) is 0 Å². The quantitative estimate of drug-likeness (QED) is 0.748. The number of carbonyl (C=O) groups is 2. The van der Waals surface area contributed by atoms with E-state index in [9.17, 15) is 9.59 Å². The molecule has 0 unspecified atom stereocenters. The van der Waals surface area contributed by atoms with Crippen molar-refractivity contribution in [2.75, 3.05) is 13.1 Å². The second-order valence-electron chi connectivity index (χ2n) is 6.26. The van der Waals surface area contributed by atoms with Crippen LogP contribution in [0.3, 0.4) is 0 Å². The Morgan fingerprint density at radius 2 is 1.87 bits per heavy atom. The first-order valence-corrected chi connectivity index (χ1v) is 8.12. The smallest absolute Gasteiger partial charge is 0.407 e. The van der Waals surface area contributed by atoms with Gasteiger partial charge in [0.05, 0.1) is 0 Å². The van der Waals surface area contributed by atoms with Crippen LogP contribution in [0.1, 0.15) is 39.2 Å². The van der Waals surface area contributed by atoms with E-state index in [1.807, 2.05) is 45.0 Å². The topological polar surface area (TPSA) is 67.4 Å². The minimum atomic E-state index is -0.501. The number of hydrogen-bond acceptors (Lipinski definition) is 3. The largest absolute Gasteiger partial charge is 0.444 e. The molecule has 0 radical (unpaired) electrons. The number of nitrogens with one attached hydrogen (secondary N) is 2. The van der Waals surface area contributed by atoms with E-state index in [-0.39, 0.29) is 5.91 Å². The average Bonchev–Trinajstić information content (AvgIpc) is 2.43. The molecule has 128 valence electrons. The molecule has 0 fully saturated rings. The van der Waals surface area contributed by atoms with Crippen molar-refractivity contribution < 1.29 is 14.3 Å². The fourth-order valence-electron chi connectivity index (χ4n) is 1.86. The highest BCUT2D eigenvalue weighted by Crippen LogP contribution is 2.12. The third kappa shape index (κ3) is 9.79. The molecule has 6 heteroatoms. The molecule has 2 N–H and O–H groups in total. The summed E-state index contributed by atoms with van der Waals surface area (Å²) in [6.07, 6.45) is 1.29. The lowest BCUT2D eigenvalue weighted by Crippen LogP contribution is -2.34. The van der Waals surface area contributed by atoms with Crippen molar-refractivity contribution in [1.29, 1.82) is 0 Å². The van der Waals surface area contributed by atoms with Crippen LogP contribution >= 0.6 is 11.6 Å². The van der Waals surface area contributed by atoms with Gasteiger partial charge >= 0.3 is 6.09 Å². The number of aryl methyl sites for hydroxylation is 1. The summed E-state index contributed by atoms with van der Waals surface area (Å²) in [4.78, 5) is 23.1. The van der Waals surface area contributed by atoms with Crippen LogP contribution in [0.2, 0.25) is 5.02 Å². The van der Waals surface area contributed by atoms with Gasteiger partial charge in [0.2, 0.25) is 5.91 Å². The first-order chi connectivity index (χ1) is 10.8. The summed E-state index contributed by atoms with van der Waals surface area (Å²) in [5.74, 6) is -0.0118. The Morgan fingerprint density at radius 1 is 1.17 bits per heavy atom. The lowest BCUT2D eigenvalue weighted by atomic mass is 10.1. The summed E-state index contributed by atoms with van der Waals surface area (Å²) in [5, 5.41) is 6.15. The monoisotopic (exact) mass is 340 g/mol. The fourth-order valence-corrected chi connectivity index (χ4v) is 2.07. The Bertz CT molecular complexity index is 527. The maximum Gasteiger partial charge on any atom is 0.407 e. The first-order valence-electron chi connectivity index (χ1n) is 7.74. The highest BCUT2D eigenvalue weighted by Gasteiger charge is 2.15. The molecule has 0 bridgehead atoms. The zero-order valence-electron chi connectivity index (χ0n) is 13.9. The van der Waals surface area contributed by atoms with E-state index in [2.05, 4.69) is 10.6 Å². The van der Waals surface area contributed by atoms with Gasteiger partial charge in [-0.1, -0.05) is 23.7 Å². The lowest BCUT2D eigenvalue weighted by Gasteiger charge is -2.19. The van der Waals surface area contributed by atoms with Crippen molar-refractivity contribution in [2.45, 2.75) is 45.6 Å².